The largest absolute Gasteiger partial charge is 0.379 e. The lowest BCUT2D eigenvalue weighted by Crippen LogP contribution is -2.33. The standard InChI is InChI=1S/C14H29NO/c1-7-14(6,8-9-16-13(4)5)11-15-10-12(2)3/h7,12-13,15H,1,8-11H2,2-6H3. The van der Waals surface area contributed by atoms with E-state index in [1.807, 2.05) is 6.08 Å². The highest BCUT2D eigenvalue weighted by molar-refractivity contribution is 4.93. The minimum Gasteiger partial charge on any atom is -0.379 e. The fourth-order valence-corrected chi connectivity index (χ4v) is 1.44. The molecule has 1 N–H and O–H groups in total. The predicted octanol–water partition coefficient (Wildman–Crippen LogP) is 3.24. The summed E-state index contributed by atoms with van der Waals surface area (Å²) in [6.07, 6.45) is 3.39. The van der Waals surface area contributed by atoms with Crippen molar-refractivity contribution in [1.82, 2.24) is 5.32 Å². The smallest absolute Gasteiger partial charge is 0.0518 e. The first-order chi connectivity index (χ1) is 7.39. The van der Waals surface area contributed by atoms with E-state index < -0.39 is 0 Å². The van der Waals surface area contributed by atoms with E-state index in [1.165, 1.54) is 0 Å². The summed E-state index contributed by atoms with van der Waals surface area (Å²) in [6.45, 7) is 17.6. The summed E-state index contributed by atoms with van der Waals surface area (Å²) < 4.78 is 5.59. The van der Waals surface area contributed by atoms with E-state index in [-0.39, 0.29) is 5.41 Å². The van der Waals surface area contributed by atoms with Gasteiger partial charge in [-0.15, -0.1) is 6.58 Å². The van der Waals surface area contributed by atoms with Crippen LogP contribution in [0.4, 0.5) is 0 Å². The maximum atomic E-state index is 5.59. The van der Waals surface area contributed by atoms with Crippen molar-refractivity contribution in [2.24, 2.45) is 11.3 Å². The molecular formula is C14H29NO. The van der Waals surface area contributed by atoms with Crippen LogP contribution in [0.15, 0.2) is 12.7 Å². The maximum Gasteiger partial charge on any atom is 0.0518 e. The Labute approximate surface area is 101 Å². The predicted molar refractivity (Wildman–Crippen MR) is 71.7 cm³/mol. The average Bonchev–Trinajstić information content (AvgIpc) is 2.16. The summed E-state index contributed by atoms with van der Waals surface area (Å²) in [6, 6.07) is 0. The first-order valence-electron chi connectivity index (χ1n) is 6.35. The molecule has 0 aromatic rings. The Balaban J connectivity index is 3.86. The molecule has 96 valence electrons. The molecule has 0 saturated heterocycles. The van der Waals surface area contributed by atoms with Crippen molar-refractivity contribution in [3.05, 3.63) is 12.7 Å². The van der Waals surface area contributed by atoms with Gasteiger partial charge in [-0.2, -0.15) is 0 Å². The number of hydrogen-bond acceptors (Lipinski definition) is 2. The van der Waals surface area contributed by atoms with Crippen molar-refractivity contribution in [3.63, 3.8) is 0 Å². The molecule has 16 heavy (non-hydrogen) atoms. The van der Waals surface area contributed by atoms with Gasteiger partial charge < -0.3 is 10.1 Å². The van der Waals surface area contributed by atoms with Crippen molar-refractivity contribution < 1.29 is 4.74 Å². The number of hydrogen-bond donors (Lipinski definition) is 1. The molecule has 0 spiro atoms. The minimum absolute atomic E-state index is 0.143. The monoisotopic (exact) mass is 227 g/mol. The van der Waals surface area contributed by atoms with Gasteiger partial charge >= 0.3 is 0 Å². The molecule has 1 unspecified atom stereocenters. The lowest BCUT2D eigenvalue weighted by Gasteiger charge is -2.27. The first kappa shape index (κ1) is 15.7. The van der Waals surface area contributed by atoms with Crippen molar-refractivity contribution in [2.45, 2.75) is 47.1 Å². The van der Waals surface area contributed by atoms with Gasteiger partial charge in [0.15, 0.2) is 0 Å². The van der Waals surface area contributed by atoms with Crippen molar-refractivity contribution in [1.29, 1.82) is 0 Å². The number of nitrogens with one attached hydrogen (secondary N) is 1. The van der Waals surface area contributed by atoms with E-state index in [0.29, 0.717) is 12.0 Å². The zero-order chi connectivity index (χ0) is 12.6. The third-order valence-corrected chi connectivity index (χ3v) is 2.70. The van der Waals surface area contributed by atoms with Crippen LogP contribution in [0, 0.1) is 11.3 Å². The highest BCUT2D eigenvalue weighted by Crippen LogP contribution is 2.21. The molecule has 0 bridgehead atoms. The second-order valence-corrected chi connectivity index (χ2v) is 5.55. The van der Waals surface area contributed by atoms with Crippen molar-refractivity contribution >= 4 is 0 Å². The molecule has 0 aliphatic heterocycles. The van der Waals surface area contributed by atoms with E-state index in [4.69, 9.17) is 4.74 Å². The lowest BCUT2D eigenvalue weighted by molar-refractivity contribution is 0.0617. The fraction of sp³-hybridized carbons (Fsp3) is 0.857. The molecule has 0 saturated carbocycles. The Bertz CT molecular complexity index is 173. The molecule has 0 aromatic heterocycles. The number of ether oxygens (including phenoxy) is 1. The van der Waals surface area contributed by atoms with Gasteiger partial charge in [0, 0.05) is 13.2 Å². The summed E-state index contributed by atoms with van der Waals surface area (Å²) in [5.41, 5.74) is 0.143. The van der Waals surface area contributed by atoms with Crippen LogP contribution in [0.3, 0.4) is 0 Å². The average molecular weight is 227 g/mol. The minimum atomic E-state index is 0.143. The Morgan fingerprint density at radius 3 is 2.38 bits per heavy atom. The van der Waals surface area contributed by atoms with Crippen LogP contribution in [0.1, 0.15) is 41.0 Å². The SMILES string of the molecule is C=CC(C)(CCOC(C)C)CNCC(C)C. The topological polar surface area (TPSA) is 21.3 Å². The van der Waals surface area contributed by atoms with Crippen LogP contribution in [0.5, 0.6) is 0 Å². The third kappa shape index (κ3) is 7.89. The van der Waals surface area contributed by atoms with Crippen LogP contribution in [0.25, 0.3) is 0 Å². The quantitative estimate of drug-likeness (QED) is 0.611. The second-order valence-electron chi connectivity index (χ2n) is 5.55. The second kappa shape index (κ2) is 7.86. The summed E-state index contributed by atoms with van der Waals surface area (Å²) in [4.78, 5) is 0. The van der Waals surface area contributed by atoms with Crippen LogP contribution < -0.4 is 5.32 Å². The lowest BCUT2D eigenvalue weighted by atomic mass is 9.87. The molecule has 1 atom stereocenters. The van der Waals surface area contributed by atoms with Gasteiger partial charge in [0.25, 0.3) is 0 Å². The molecule has 0 aliphatic carbocycles. The van der Waals surface area contributed by atoms with Gasteiger partial charge in [-0.3, -0.25) is 0 Å². The van der Waals surface area contributed by atoms with Gasteiger partial charge in [0.05, 0.1) is 6.10 Å². The number of rotatable bonds is 9. The van der Waals surface area contributed by atoms with Crippen LogP contribution in [-0.4, -0.2) is 25.8 Å². The van der Waals surface area contributed by atoms with E-state index >= 15 is 0 Å². The van der Waals surface area contributed by atoms with Gasteiger partial charge in [-0.05, 0) is 38.1 Å². The summed E-state index contributed by atoms with van der Waals surface area (Å²) in [5.74, 6) is 0.695. The fourth-order valence-electron chi connectivity index (χ4n) is 1.44. The van der Waals surface area contributed by atoms with Crippen LogP contribution in [0.2, 0.25) is 0 Å². The summed E-state index contributed by atoms with van der Waals surface area (Å²) in [5, 5.41) is 3.49. The van der Waals surface area contributed by atoms with E-state index in [2.05, 4.69) is 46.5 Å². The molecule has 0 radical (unpaired) electrons. The highest BCUT2D eigenvalue weighted by atomic mass is 16.5. The zero-order valence-corrected chi connectivity index (χ0v) is 11.7. The van der Waals surface area contributed by atoms with Crippen LogP contribution in [-0.2, 0) is 4.74 Å². The van der Waals surface area contributed by atoms with Crippen LogP contribution >= 0.6 is 0 Å². The normalized spacial score (nSPS) is 15.4. The Morgan fingerprint density at radius 1 is 1.31 bits per heavy atom. The molecule has 2 heteroatoms. The van der Waals surface area contributed by atoms with E-state index in [0.717, 1.165) is 26.1 Å². The zero-order valence-electron chi connectivity index (χ0n) is 11.7. The Hall–Kier alpha value is -0.340. The van der Waals surface area contributed by atoms with Gasteiger partial charge in [0.2, 0.25) is 0 Å². The highest BCUT2D eigenvalue weighted by Gasteiger charge is 2.19. The summed E-state index contributed by atoms with van der Waals surface area (Å²) in [7, 11) is 0. The van der Waals surface area contributed by atoms with E-state index in [9.17, 15) is 0 Å². The summed E-state index contributed by atoms with van der Waals surface area (Å²) >= 11 is 0. The van der Waals surface area contributed by atoms with Crippen molar-refractivity contribution in [3.8, 4) is 0 Å². The molecule has 0 aliphatic rings. The molecule has 2 nitrogen and oxygen atoms in total. The first-order valence-corrected chi connectivity index (χ1v) is 6.35. The molecule has 0 aromatic carbocycles. The molecule has 0 amide bonds. The third-order valence-electron chi connectivity index (χ3n) is 2.70. The molecule has 0 rings (SSSR count). The molecular weight excluding hydrogens is 198 g/mol. The van der Waals surface area contributed by atoms with E-state index in [1.54, 1.807) is 0 Å². The van der Waals surface area contributed by atoms with Gasteiger partial charge in [0.1, 0.15) is 0 Å². The Morgan fingerprint density at radius 2 is 1.94 bits per heavy atom. The van der Waals surface area contributed by atoms with Crippen molar-refractivity contribution in [2.75, 3.05) is 19.7 Å². The van der Waals surface area contributed by atoms with Gasteiger partial charge in [-0.1, -0.05) is 26.8 Å². The maximum absolute atomic E-state index is 5.59. The molecule has 0 heterocycles. The Kier molecular flexibility index (Phi) is 7.69. The molecule has 0 fully saturated rings. The van der Waals surface area contributed by atoms with Gasteiger partial charge in [-0.25, -0.2) is 0 Å².